The van der Waals surface area contributed by atoms with E-state index >= 15 is 0 Å². The second-order valence-corrected chi connectivity index (χ2v) is 13.9. The van der Waals surface area contributed by atoms with Gasteiger partial charge in [-0.1, -0.05) is 88.2 Å². The Balaban J connectivity index is 1.61. The molecule has 0 saturated carbocycles. The summed E-state index contributed by atoms with van der Waals surface area (Å²) in [6.07, 6.45) is 9.82. The number of benzene rings is 1. The molecule has 256 valence electrons. The number of carbonyl (C=O) groups excluding carboxylic acids is 4. The number of ether oxygens (including phenoxy) is 2. The Bertz CT molecular complexity index is 1360. The van der Waals surface area contributed by atoms with Gasteiger partial charge < -0.3 is 29.3 Å². The number of aliphatic hydroxyl groups excluding tert-OH is 1. The second-order valence-electron chi connectivity index (χ2n) is 13.9. The van der Waals surface area contributed by atoms with Crippen LogP contribution in [-0.4, -0.2) is 100 Å². The number of allylic oxidation sites excluding steroid dienone is 1. The van der Waals surface area contributed by atoms with Gasteiger partial charge in [-0.05, 0) is 37.7 Å². The van der Waals surface area contributed by atoms with Gasteiger partial charge in [-0.25, -0.2) is 0 Å². The molecule has 5 rings (SSSR count). The molecule has 4 aliphatic heterocycles. The first-order chi connectivity index (χ1) is 22.5. The summed E-state index contributed by atoms with van der Waals surface area (Å²) >= 11 is 0. The van der Waals surface area contributed by atoms with E-state index in [1.54, 1.807) is 29.0 Å². The highest BCUT2D eigenvalue weighted by molar-refractivity contribution is 5.99. The number of fused-ring (bicyclic) bond motifs is 2. The lowest BCUT2D eigenvalue weighted by atomic mass is 9.74. The third-order valence-corrected chi connectivity index (χ3v) is 10.3. The van der Waals surface area contributed by atoms with Crippen molar-refractivity contribution in [3.8, 4) is 0 Å². The van der Waals surface area contributed by atoms with Crippen molar-refractivity contribution in [3.63, 3.8) is 0 Å². The average molecular weight is 650 g/mol. The van der Waals surface area contributed by atoms with Gasteiger partial charge in [0.25, 0.3) is 0 Å². The molecule has 5 bridgehead atoms. The number of aliphatic hydroxyl groups is 1. The molecule has 0 unspecified atom stereocenters. The van der Waals surface area contributed by atoms with Crippen LogP contribution in [-0.2, 0) is 28.7 Å². The van der Waals surface area contributed by atoms with Gasteiger partial charge in [0.05, 0.1) is 30.7 Å². The van der Waals surface area contributed by atoms with E-state index in [1.807, 2.05) is 63.3 Å². The molecule has 2 fully saturated rings. The molecular formula is C37H51N3O7. The fourth-order valence-electron chi connectivity index (χ4n) is 7.81. The minimum atomic E-state index is -1.37. The van der Waals surface area contributed by atoms with Crippen molar-refractivity contribution in [2.24, 2.45) is 17.8 Å². The Kier molecular flexibility index (Phi) is 10.9. The maximum atomic E-state index is 14.8. The van der Waals surface area contributed by atoms with Gasteiger partial charge in [-0.3, -0.25) is 19.2 Å². The van der Waals surface area contributed by atoms with E-state index in [0.29, 0.717) is 25.9 Å². The van der Waals surface area contributed by atoms with Crippen molar-refractivity contribution in [3.05, 3.63) is 60.2 Å². The van der Waals surface area contributed by atoms with Crippen LogP contribution < -0.4 is 0 Å². The standard InChI is InChI=1S/C37H51N3O7/c1-6-7-13-20-39-21-14-9-12-17-29(42)38(5)25(4)32(26-15-10-8-11-16-26)46-36(45)30-28-18-19-37(47-28)31(30)34(43)40(33(37)35(39)44)27(23-41)22-24(2)3/h8-11,14-16,18-19,24-25,27-28,30-33,41H,6-7,12-13,17,20-23H2,1-5H3/b14-9-/t25-,27-,28+,30-,31-,32+,33+,37-/m1/s1. The summed E-state index contributed by atoms with van der Waals surface area (Å²) in [6.45, 7) is 8.46. The zero-order chi connectivity index (χ0) is 33.9. The summed E-state index contributed by atoms with van der Waals surface area (Å²) in [5.41, 5.74) is -0.638. The van der Waals surface area contributed by atoms with Crippen molar-refractivity contribution >= 4 is 23.7 Å². The fraction of sp³-hybridized carbons (Fsp3) is 0.622. The quantitative estimate of drug-likeness (QED) is 0.244. The Morgan fingerprint density at radius 3 is 2.47 bits per heavy atom. The summed E-state index contributed by atoms with van der Waals surface area (Å²) in [5, 5.41) is 10.6. The molecular weight excluding hydrogens is 598 g/mol. The maximum Gasteiger partial charge on any atom is 0.313 e. The molecule has 10 nitrogen and oxygen atoms in total. The molecule has 1 N–H and O–H groups in total. The van der Waals surface area contributed by atoms with Gasteiger partial charge in [-0.2, -0.15) is 0 Å². The third-order valence-electron chi connectivity index (χ3n) is 10.3. The van der Waals surface area contributed by atoms with E-state index < -0.39 is 53.7 Å². The molecule has 4 heterocycles. The molecule has 47 heavy (non-hydrogen) atoms. The highest BCUT2D eigenvalue weighted by atomic mass is 16.6. The molecule has 0 aromatic heterocycles. The lowest BCUT2D eigenvalue weighted by molar-refractivity contribution is -0.164. The van der Waals surface area contributed by atoms with E-state index in [4.69, 9.17) is 9.47 Å². The van der Waals surface area contributed by atoms with Gasteiger partial charge in [0.2, 0.25) is 17.7 Å². The molecule has 10 heteroatoms. The summed E-state index contributed by atoms with van der Waals surface area (Å²) < 4.78 is 12.9. The molecule has 4 aliphatic rings. The van der Waals surface area contributed by atoms with Crippen LogP contribution in [0.15, 0.2) is 54.6 Å². The number of likely N-dealkylation sites (N-methyl/N-ethyl adjacent to an activating group) is 1. The number of hydrogen-bond acceptors (Lipinski definition) is 7. The zero-order valence-corrected chi connectivity index (χ0v) is 28.4. The van der Waals surface area contributed by atoms with Gasteiger partial charge in [0, 0.05) is 26.6 Å². The minimum Gasteiger partial charge on any atom is -0.455 e. The first-order valence-corrected chi connectivity index (χ1v) is 17.3. The largest absolute Gasteiger partial charge is 0.455 e. The number of unbranched alkanes of at least 4 members (excludes halogenated alkanes) is 2. The highest BCUT2D eigenvalue weighted by Crippen LogP contribution is 2.56. The van der Waals surface area contributed by atoms with Crippen molar-refractivity contribution in [1.29, 1.82) is 0 Å². The smallest absolute Gasteiger partial charge is 0.313 e. The molecule has 8 atom stereocenters. The van der Waals surface area contributed by atoms with Crippen molar-refractivity contribution < 1.29 is 33.8 Å². The normalized spacial score (nSPS) is 32.7. The number of rotatable bonds is 9. The van der Waals surface area contributed by atoms with E-state index in [0.717, 1.165) is 24.8 Å². The van der Waals surface area contributed by atoms with Crippen LogP contribution in [0.1, 0.15) is 77.9 Å². The van der Waals surface area contributed by atoms with E-state index in [1.165, 1.54) is 4.90 Å². The fourth-order valence-corrected chi connectivity index (χ4v) is 7.81. The van der Waals surface area contributed by atoms with E-state index in [2.05, 4.69) is 6.92 Å². The predicted octanol–water partition coefficient (Wildman–Crippen LogP) is 4.04. The van der Waals surface area contributed by atoms with E-state index in [-0.39, 0.29) is 36.7 Å². The molecule has 3 amide bonds. The highest BCUT2D eigenvalue weighted by Gasteiger charge is 2.74. The van der Waals surface area contributed by atoms with E-state index in [9.17, 15) is 24.3 Å². The maximum absolute atomic E-state index is 14.8. The number of likely N-dealkylation sites (tertiary alicyclic amines) is 1. The summed E-state index contributed by atoms with van der Waals surface area (Å²) in [6, 6.07) is 7.13. The monoisotopic (exact) mass is 649 g/mol. The predicted molar refractivity (Wildman–Crippen MR) is 177 cm³/mol. The minimum absolute atomic E-state index is 0.0884. The Hall–Kier alpha value is -3.50. The molecule has 0 aliphatic carbocycles. The van der Waals surface area contributed by atoms with Gasteiger partial charge in [0.1, 0.15) is 23.7 Å². The Morgan fingerprint density at radius 2 is 1.79 bits per heavy atom. The molecule has 0 radical (unpaired) electrons. The topological polar surface area (TPSA) is 117 Å². The van der Waals surface area contributed by atoms with Crippen molar-refractivity contribution in [2.45, 2.75) is 102 Å². The Morgan fingerprint density at radius 1 is 1.04 bits per heavy atom. The van der Waals surface area contributed by atoms with Gasteiger partial charge >= 0.3 is 5.97 Å². The SMILES string of the molecule is CCCCCN1C/C=C\CCC(=O)N(C)[C@H](C)[C@@H](c2ccccc2)OC(=O)[C@@H]2[C@@H]3C=C[C@]4(O3)[C@H](C1=O)N([C@@H](CO)CC(C)C)C(=O)[C@@H]24. The van der Waals surface area contributed by atoms with Crippen LogP contribution in [0.25, 0.3) is 0 Å². The number of carbonyl (C=O) groups is 4. The number of hydrogen-bond donors (Lipinski definition) is 1. The number of cyclic esters (lactones) is 1. The number of esters is 1. The van der Waals surface area contributed by atoms with Gasteiger partial charge in [-0.15, -0.1) is 0 Å². The first-order valence-electron chi connectivity index (χ1n) is 17.3. The van der Waals surface area contributed by atoms with Crippen LogP contribution in [0.4, 0.5) is 0 Å². The van der Waals surface area contributed by atoms with Crippen LogP contribution >= 0.6 is 0 Å². The van der Waals surface area contributed by atoms with Crippen LogP contribution in [0, 0.1) is 17.8 Å². The molecule has 2 saturated heterocycles. The molecule has 1 aromatic carbocycles. The molecule has 1 aromatic rings. The third kappa shape index (κ3) is 6.64. The summed E-state index contributed by atoms with van der Waals surface area (Å²) in [7, 11) is 1.72. The van der Waals surface area contributed by atoms with Gasteiger partial charge in [0.15, 0.2) is 0 Å². The van der Waals surface area contributed by atoms with Crippen molar-refractivity contribution in [1.82, 2.24) is 14.7 Å². The Labute approximate surface area is 278 Å². The zero-order valence-electron chi connectivity index (χ0n) is 28.4. The average Bonchev–Trinajstić information content (AvgIpc) is 3.71. The lowest BCUT2D eigenvalue weighted by Crippen LogP contribution is -2.58. The number of amides is 3. The summed E-state index contributed by atoms with van der Waals surface area (Å²) in [4.78, 5) is 61.9. The first kappa shape index (κ1) is 34.8. The van der Waals surface area contributed by atoms with Crippen LogP contribution in [0.3, 0.4) is 0 Å². The number of nitrogens with zero attached hydrogens (tertiary/aromatic N) is 3. The van der Waals surface area contributed by atoms with Crippen LogP contribution in [0.2, 0.25) is 0 Å². The molecule has 1 spiro atoms. The summed E-state index contributed by atoms with van der Waals surface area (Å²) in [5.74, 6) is -3.18. The van der Waals surface area contributed by atoms with Crippen molar-refractivity contribution in [2.75, 3.05) is 26.7 Å². The second kappa shape index (κ2) is 14.7. The lowest BCUT2D eigenvalue weighted by Gasteiger charge is -2.39. The van der Waals surface area contributed by atoms with Crippen LogP contribution in [0.5, 0.6) is 0 Å².